The Labute approximate surface area is 128 Å². The van der Waals surface area contributed by atoms with Crippen LogP contribution in [0.15, 0.2) is 48.5 Å². The fraction of sp³-hybridized carbons (Fsp3) is 0.400. The molecule has 112 valence electrons. The lowest BCUT2D eigenvalue weighted by Gasteiger charge is -2.05. The summed E-state index contributed by atoms with van der Waals surface area (Å²) in [5.74, 6) is 0.318. The number of phenolic OH excluding ortho intramolecular Hbond substituents is 1. The van der Waals surface area contributed by atoms with Crippen LogP contribution in [-0.2, 0) is 6.42 Å². The van der Waals surface area contributed by atoms with Crippen LogP contribution < -0.4 is 0 Å². The Kier molecular flexibility index (Phi) is 6.33. The van der Waals surface area contributed by atoms with E-state index in [1.54, 1.807) is 12.1 Å². The van der Waals surface area contributed by atoms with Crippen LogP contribution in [0.1, 0.15) is 51.0 Å². The first-order valence-corrected chi connectivity index (χ1v) is 8.18. The van der Waals surface area contributed by atoms with Gasteiger partial charge in [0.15, 0.2) is 0 Å². The number of benzene rings is 2. The van der Waals surface area contributed by atoms with Gasteiger partial charge < -0.3 is 5.11 Å². The largest absolute Gasteiger partial charge is 0.508 e. The molecule has 0 aliphatic carbocycles. The highest BCUT2D eigenvalue weighted by atomic mass is 16.3. The van der Waals surface area contributed by atoms with Gasteiger partial charge in [0.1, 0.15) is 5.75 Å². The summed E-state index contributed by atoms with van der Waals surface area (Å²) in [6, 6.07) is 16.2. The monoisotopic (exact) mass is 282 g/mol. The van der Waals surface area contributed by atoms with Gasteiger partial charge in [0.25, 0.3) is 0 Å². The van der Waals surface area contributed by atoms with E-state index in [1.165, 1.54) is 56.1 Å². The predicted molar refractivity (Wildman–Crippen MR) is 90.6 cm³/mol. The molecule has 0 aromatic heterocycles. The van der Waals surface area contributed by atoms with Crippen LogP contribution in [0.4, 0.5) is 0 Å². The van der Waals surface area contributed by atoms with Gasteiger partial charge in [-0.3, -0.25) is 0 Å². The van der Waals surface area contributed by atoms with E-state index < -0.39 is 0 Å². The number of hydrogen-bond acceptors (Lipinski definition) is 1. The first-order chi connectivity index (χ1) is 10.3. The molecule has 0 spiro atoms. The van der Waals surface area contributed by atoms with Crippen LogP contribution in [0.25, 0.3) is 11.1 Å². The zero-order valence-corrected chi connectivity index (χ0v) is 13.0. The summed E-state index contributed by atoms with van der Waals surface area (Å²) >= 11 is 0. The van der Waals surface area contributed by atoms with Crippen molar-refractivity contribution in [3.63, 3.8) is 0 Å². The number of aryl methyl sites for hydroxylation is 1. The van der Waals surface area contributed by atoms with Gasteiger partial charge in [-0.25, -0.2) is 0 Å². The fourth-order valence-corrected chi connectivity index (χ4v) is 2.63. The summed E-state index contributed by atoms with van der Waals surface area (Å²) in [5.41, 5.74) is 3.79. The van der Waals surface area contributed by atoms with Crippen LogP contribution in [0.3, 0.4) is 0 Å². The third kappa shape index (κ3) is 5.26. The van der Waals surface area contributed by atoms with Gasteiger partial charge in [0.2, 0.25) is 0 Å². The smallest absolute Gasteiger partial charge is 0.115 e. The Balaban J connectivity index is 1.80. The lowest BCUT2D eigenvalue weighted by Crippen LogP contribution is -1.87. The second-order valence-corrected chi connectivity index (χ2v) is 5.76. The van der Waals surface area contributed by atoms with Gasteiger partial charge in [0.05, 0.1) is 0 Å². The minimum Gasteiger partial charge on any atom is -0.508 e. The molecule has 0 aliphatic rings. The average Bonchev–Trinajstić information content (AvgIpc) is 2.52. The summed E-state index contributed by atoms with van der Waals surface area (Å²) < 4.78 is 0. The number of rotatable bonds is 8. The van der Waals surface area contributed by atoms with Crippen LogP contribution in [0.2, 0.25) is 0 Å². The molecular weight excluding hydrogens is 256 g/mol. The van der Waals surface area contributed by atoms with Crippen LogP contribution in [-0.4, -0.2) is 5.11 Å². The van der Waals surface area contributed by atoms with E-state index >= 15 is 0 Å². The molecule has 0 aliphatic heterocycles. The molecule has 0 saturated carbocycles. The van der Waals surface area contributed by atoms with Gasteiger partial charge in [-0.1, -0.05) is 75.4 Å². The van der Waals surface area contributed by atoms with E-state index in [9.17, 15) is 5.11 Å². The third-order valence-corrected chi connectivity index (χ3v) is 3.97. The molecule has 2 rings (SSSR count). The maximum atomic E-state index is 9.32. The standard InChI is InChI=1S/C20H26O/c1-2-3-4-5-6-7-8-17-9-11-18(12-10-17)19-13-15-20(21)16-14-19/h9-16,21H,2-8H2,1H3. The lowest BCUT2D eigenvalue weighted by atomic mass is 10.0. The Bertz CT molecular complexity index is 511. The molecule has 1 nitrogen and oxygen atoms in total. The van der Waals surface area contributed by atoms with Crippen molar-refractivity contribution in [2.45, 2.75) is 51.9 Å². The molecular formula is C20H26O. The van der Waals surface area contributed by atoms with Crippen LogP contribution in [0.5, 0.6) is 5.75 Å². The van der Waals surface area contributed by atoms with E-state index in [-0.39, 0.29) is 0 Å². The Hall–Kier alpha value is -1.76. The molecule has 2 aromatic carbocycles. The highest BCUT2D eigenvalue weighted by Crippen LogP contribution is 2.22. The topological polar surface area (TPSA) is 20.2 Å². The van der Waals surface area contributed by atoms with Crippen molar-refractivity contribution in [1.29, 1.82) is 0 Å². The van der Waals surface area contributed by atoms with E-state index in [0.29, 0.717) is 5.75 Å². The molecule has 1 heteroatoms. The average molecular weight is 282 g/mol. The summed E-state index contributed by atoms with van der Waals surface area (Å²) in [7, 11) is 0. The number of aromatic hydroxyl groups is 1. The van der Waals surface area contributed by atoms with Crippen molar-refractivity contribution < 1.29 is 5.11 Å². The number of hydrogen-bond donors (Lipinski definition) is 1. The van der Waals surface area contributed by atoms with Crippen molar-refractivity contribution in [3.8, 4) is 16.9 Å². The minimum atomic E-state index is 0.318. The van der Waals surface area contributed by atoms with Gasteiger partial charge >= 0.3 is 0 Å². The Morgan fingerprint density at radius 2 is 1.19 bits per heavy atom. The molecule has 0 radical (unpaired) electrons. The van der Waals surface area contributed by atoms with Crippen molar-refractivity contribution in [1.82, 2.24) is 0 Å². The van der Waals surface area contributed by atoms with Crippen LogP contribution in [0, 0.1) is 0 Å². The maximum absolute atomic E-state index is 9.32. The zero-order chi connectivity index (χ0) is 14.9. The normalized spacial score (nSPS) is 10.7. The van der Waals surface area contributed by atoms with Crippen molar-refractivity contribution in [2.75, 3.05) is 0 Å². The van der Waals surface area contributed by atoms with Gasteiger partial charge in [-0.15, -0.1) is 0 Å². The van der Waals surface area contributed by atoms with E-state index in [1.807, 2.05) is 12.1 Å². The second kappa shape index (κ2) is 8.51. The fourth-order valence-electron chi connectivity index (χ4n) is 2.63. The van der Waals surface area contributed by atoms with E-state index in [0.717, 1.165) is 5.56 Å². The minimum absolute atomic E-state index is 0.318. The molecule has 0 unspecified atom stereocenters. The Morgan fingerprint density at radius 3 is 1.81 bits per heavy atom. The first-order valence-electron chi connectivity index (χ1n) is 8.18. The molecule has 0 atom stereocenters. The summed E-state index contributed by atoms with van der Waals surface area (Å²) in [5, 5.41) is 9.32. The summed E-state index contributed by atoms with van der Waals surface area (Å²) in [4.78, 5) is 0. The highest BCUT2D eigenvalue weighted by molar-refractivity contribution is 5.64. The molecule has 0 amide bonds. The molecule has 0 fully saturated rings. The lowest BCUT2D eigenvalue weighted by molar-refractivity contribution is 0.475. The molecule has 0 saturated heterocycles. The van der Waals surface area contributed by atoms with Gasteiger partial charge in [-0.2, -0.15) is 0 Å². The molecule has 0 heterocycles. The summed E-state index contributed by atoms with van der Waals surface area (Å²) in [6.45, 7) is 2.26. The van der Waals surface area contributed by atoms with E-state index in [4.69, 9.17) is 0 Å². The van der Waals surface area contributed by atoms with Crippen molar-refractivity contribution in [2.24, 2.45) is 0 Å². The first kappa shape index (κ1) is 15.6. The Morgan fingerprint density at radius 1 is 0.667 bits per heavy atom. The molecule has 2 aromatic rings. The predicted octanol–water partition coefficient (Wildman–Crippen LogP) is 5.96. The van der Waals surface area contributed by atoms with Crippen LogP contribution >= 0.6 is 0 Å². The number of unbranched alkanes of at least 4 members (excludes halogenated alkanes) is 5. The van der Waals surface area contributed by atoms with Gasteiger partial charge in [-0.05, 0) is 41.7 Å². The molecule has 21 heavy (non-hydrogen) atoms. The van der Waals surface area contributed by atoms with Crippen molar-refractivity contribution >= 4 is 0 Å². The molecule has 0 bridgehead atoms. The van der Waals surface area contributed by atoms with Crippen molar-refractivity contribution in [3.05, 3.63) is 54.1 Å². The second-order valence-electron chi connectivity index (χ2n) is 5.76. The number of phenols is 1. The molecule has 1 N–H and O–H groups in total. The zero-order valence-electron chi connectivity index (χ0n) is 13.0. The van der Waals surface area contributed by atoms with E-state index in [2.05, 4.69) is 31.2 Å². The quantitative estimate of drug-likeness (QED) is 0.592. The third-order valence-electron chi connectivity index (χ3n) is 3.97. The SMILES string of the molecule is CCCCCCCCc1ccc(-c2ccc(O)cc2)cc1. The van der Waals surface area contributed by atoms with Gasteiger partial charge in [0, 0.05) is 0 Å². The summed E-state index contributed by atoms with van der Waals surface area (Å²) in [6.07, 6.45) is 9.28. The maximum Gasteiger partial charge on any atom is 0.115 e. The highest BCUT2D eigenvalue weighted by Gasteiger charge is 1.99.